The van der Waals surface area contributed by atoms with Gasteiger partial charge in [0.15, 0.2) is 0 Å². The van der Waals surface area contributed by atoms with Crippen LogP contribution in [-0.4, -0.2) is 66.9 Å². The van der Waals surface area contributed by atoms with E-state index in [1.165, 1.54) is 36.4 Å². The number of amides is 4. The molecule has 53 heavy (non-hydrogen) atoms. The second-order valence-electron chi connectivity index (χ2n) is 11.2. The second kappa shape index (κ2) is 22.2. The van der Waals surface area contributed by atoms with E-state index in [4.69, 9.17) is 18.9 Å². The summed E-state index contributed by atoms with van der Waals surface area (Å²) >= 11 is 0. The van der Waals surface area contributed by atoms with Gasteiger partial charge in [0, 0.05) is 30.8 Å². The summed E-state index contributed by atoms with van der Waals surface area (Å²) in [6.07, 6.45) is 1.55. The molecular weight excluding hydrogens is 690 g/mol. The number of nitrogens with one attached hydrogen (secondary N) is 4. The number of non-ortho nitro benzene ring substituents is 1. The molecule has 0 aliphatic carbocycles. The van der Waals surface area contributed by atoms with Gasteiger partial charge in [-0.2, -0.15) is 0 Å². The molecule has 0 bridgehead atoms. The highest BCUT2D eigenvalue weighted by Crippen LogP contribution is 2.18. The lowest BCUT2D eigenvalue weighted by Gasteiger charge is -2.23. The Morgan fingerprint density at radius 3 is 2.04 bits per heavy atom. The number of hydrogen-bond acceptors (Lipinski definition) is 11. The molecule has 0 spiro atoms. The molecule has 0 heterocycles. The normalized spacial score (nSPS) is 11.4. The molecule has 0 aliphatic rings. The second-order valence-corrected chi connectivity index (χ2v) is 11.2. The first-order valence-corrected chi connectivity index (χ1v) is 16.5. The maximum Gasteiger partial charge on any atom is 0.514 e. The summed E-state index contributed by atoms with van der Waals surface area (Å²) in [5.74, 6) is -1.10. The van der Waals surface area contributed by atoms with E-state index in [0.29, 0.717) is 24.1 Å². The Kier molecular flexibility index (Phi) is 17.0. The third kappa shape index (κ3) is 15.4. The van der Waals surface area contributed by atoms with E-state index >= 15 is 0 Å². The summed E-state index contributed by atoms with van der Waals surface area (Å²) in [4.78, 5) is 73.6. The van der Waals surface area contributed by atoms with Gasteiger partial charge in [0.1, 0.15) is 37.7 Å². The predicted molar refractivity (Wildman–Crippen MR) is 193 cm³/mol. The van der Waals surface area contributed by atoms with Gasteiger partial charge in [-0.1, -0.05) is 67.8 Å². The Morgan fingerprint density at radius 2 is 1.40 bits per heavy atom. The van der Waals surface area contributed by atoms with Crippen LogP contribution >= 0.6 is 0 Å². The molecule has 0 saturated heterocycles. The maximum atomic E-state index is 13.6. The number of nitro benzene ring substituents is 1. The number of carbonyl (C=O) groups is 5. The topological polar surface area (TPSA) is 214 Å². The number of nitro groups is 1. The van der Waals surface area contributed by atoms with Gasteiger partial charge in [-0.3, -0.25) is 19.7 Å². The number of carbonyl (C=O) groups excluding carboxylic acids is 5. The number of anilines is 1. The highest BCUT2D eigenvalue weighted by atomic mass is 16.7. The SMILES string of the molecule is C=CCOC(=O)NCCCC[C@H](NC(=O)[C@H](Cc1ccccc1)NC(=O)OCC=C)C(=O)Nc1ccc(COC(=O)Oc2ccc([N+](=O)[O-])cc2)cc1. The van der Waals surface area contributed by atoms with Gasteiger partial charge in [0.2, 0.25) is 11.8 Å². The first-order valence-electron chi connectivity index (χ1n) is 16.5. The smallest absolute Gasteiger partial charge is 0.445 e. The maximum absolute atomic E-state index is 13.6. The van der Waals surface area contributed by atoms with Crippen molar-refractivity contribution in [2.24, 2.45) is 0 Å². The lowest BCUT2D eigenvalue weighted by Crippen LogP contribution is -2.53. The highest BCUT2D eigenvalue weighted by molar-refractivity contribution is 5.98. The van der Waals surface area contributed by atoms with Crippen molar-refractivity contribution >= 4 is 41.5 Å². The molecule has 16 heteroatoms. The number of unbranched alkanes of at least 4 members (excludes halogenated alkanes) is 1. The Balaban J connectivity index is 1.64. The van der Waals surface area contributed by atoms with Gasteiger partial charge < -0.3 is 40.2 Å². The molecule has 3 rings (SSSR count). The molecule has 280 valence electrons. The zero-order chi connectivity index (χ0) is 38.4. The van der Waals surface area contributed by atoms with E-state index in [1.54, 1.807) is 48.5 Å². The van der Waals surface area contributed by atoms with E-state index in [1.807, 2.05) is 6.07 Å². The molecule has 4 amide bonds. The number of alkyl carbamates (subject to hydrolysis) is 2. The molecule has 0 fully saturated rings. The van der Waals surface area contributed by atoms with Gasteiger partial charge in [-0.15, -0.1) is 0 Å². The fourth-order valence-electron chi connectivity index (χ4n) is 4.59. The number of hydrogen-bond donors (Lipinski definition) is 4. The summed E-state index contributed by atoms with van der Waals surface area (Å²) < 4.78 is 20.1. The first-order chi connectivity index (χ1) is 25.6. The monoisotopic (exact) mass is 731 g/mol. The number of rotatable bonds is 20. The Bertz CT molecular complexity index is 1700. The average molecular weight is 732 g/mol. The summed E-state index contributed by atoms with van der Waals surface area (Å²) in [5.41, 5.74) is 1.54. The van der Waals surface area contributed by atoms with Crippen molar-refractivity contribution < 1.29 is 47.8 Å². The van der Waals surface area contributed by atoms with E-state index in [-0.39, 0.29) is 50.6 Å². The molecule has 0 radical (unpaired) electrons. The van der Waals surface area contributed by atoms with Crippen LogP contribution in [-0.2, 0) is 36.8 Å². The minimum Gasteiger partial charge on any atom is -0.445 e. The highest BCUT2D eigenvalue weighted by Gasteiger charge is 2.27. The third-order valence-electron chi connectivity index (χ3n) is 7.20. The zero-order valence-electron chi connectivity index (χ0n) is 28.8. The predicted octanol–water partition coefficient (Wildman–Crippen LogP) is 5.34. The molecule has 0 saturated carbocycles. The van der Waals surface area contributed by atoms with Crippen LogP contribution in [0.15, 0.2) is 104 Å². The number of nitrogens with zero attached hydrogens (tertiary/aromatic N) is 1. The van der Waals surface area contributed by atoms with Crippen LogP contribution in [0.25, 0.3) is 0 Å². The van der Waals surface area contributed by atoms with Gasteiger partial charge in [-0.25, -0.2) is 14.4 Å². The Labute approximate surface area is 305 Å². The Morgan fingerprint density at radius 1 is 0.736 bits per heavy atom. The van der Waals surface area contributed by atoms with E-state index in [2.05, 4.69) is 34.4 Å². The lowest BCUT2D eigenvalue weighted by atomic mass is 10.0. The van der Waals surface area contributed by atoms with Crippen molar-refractivity contribution in [1.29, 1.82) is 0 Å². The van der Waals surface area contributed by atoms with E-state index in [9.17, 15) is 34.1 Å². The van der Waals surface area contributed by atoms with Gasteiger partial charge in [0.05, 0.1) is 4.92 Å². The molecule has 0 unspecified atom stereocenters. The molecule has 0 aliphatic heterocycles. The molecule has 3 aromatic carbocycles. The molecule has 16 nitrogen and oxygen atoms in total. The Hall–Kier alpha value is -6.71. The van der Waals surface area contributed by atoms with Crippen molar-refractivity contribution in [1.82, 2.24) is 16.0 Å². The van der Waals surface area contributed by atoms with Crippen LogP contribution in [0.1, 0.15) is 30.4 Å². The summed E-state index contributed by atoms with van der Waals surface area (Å²) in [7, 11) is 0. The van der Waals surface area contributed by atoms with Gasteiger partial charge >= 0.3 is 18.3 Å². The van der Waals surface area contributed by atoms with Gasteiger partial charge in [-0.05, 0) is 54.7 Å². The fourth-order valence-corrected chi connectivity index (χ4v) is 4.59. The van der Waals surface area contributed by atoms with Crippen molar-refractivity contribution in [3.8, 4) is 5.75 Å². The number of benzene rings is 3. The molecular formula is C37H41N5O11. The van der Waals surface area contributed by atoms with E-state index in [0.717, 1.165) is 5.56 Å². The van der Waals surface area contributed by atoms with Crippen molar-refractivity contribution in [2.45, 2.75) is 44.4 Å². The fraction of sp³-hybridized carbons (Fsp3) is 0.270. The standard InChI is InChI=1S/C37H41N5O11/c1-3-22-50-35(45)38-21-9-8-12-31(40-34(44)32(41-36(46)51-23-4-2)24-26-10-6-5-7-11-26)33(43)39-28-15-13-27(14-16-28)25-52-37(47)53-30-19-17-29(18-20-30)42(48)49/h3-7,10-11,13-20,31-32H,1-2,8-9,12,21-25H2,(H,38,45)(H,39,43)(H,40,44)(H,41,46)/t31-,32-/m0/s1. The third-order valence-corrected chi connectivity index (χ3v) is 7.20. The van der Waals surface area contributed by atoms with Crippen molar-refractivity contribution in [3.63, 3.8) is 0 Å². The van der Waals surface area contributed by atoms with Crippen LogP contribution in [0.4, 0.5) is 25.8 Å². The lowest BCUT2D eigenvalue weighted by molar-refractivity contribution is -0.384. The first kappa shape index (κ1) is 40.7. The summed E-state index contributed by atoms with van der Waals surface area (Å²) in [6, 6.07) is 18.1. The molecule has 2 atom stereocenters. The van der Waals surface area contributed by atoms with Crippen LogP contribution < -0.4 is 26.0 Å². The van der Waals surface area contributed by atoms with E-state index < -0.39 is 47.2 Å². The molecule has 0 aromatic heterocycles. The van der Waals surface area contributed by atoms with Crippen molar-refractivity contribution in [3.05, 3.63) is 125 Å². The average Bonchev–Trinajstić information content (AvgIpc) is 3.15. The minimum atomic E-state index is -1.09. The largest absolute Gasteiger partial charge is 0.514 e. The van der Waals surface area contributed by atoms with Crippen molar-refractivity contribution in [2.75, 3.05) is 25.1 Å². The number of ether oxygens (including phenoxy) is 4. The van der Waals surface area contributed by atoms with Crippen LogP contribution in [0.2, 0.25) is 0 Å². The zero-order valence-corrected chi connectivity index (χ0v) is 28.8. The van der Waals surface area contributed by atoms with Crippen LogP contribution in [0.3, 0.4) is 0 Å². The summed E-state index contributed by atoms with van der Waals surface area (Å²) in [6.45, 7) is 7.08. The minimum absolute atomic E-state index is 0.0598. The quantitative estimate of drug-likeness (QED) is 0.0221. The molecule has 3 aromatic rings. The van der Waals surface area contributed by atoms with Crippen LogP contribution in [0.5, 0.6) is 5.75 Å². The van der Waals surface area contributed by atoms with Gasteiger partial charge in [0.25, 0.3) is 5.69 Å². The molecule has 4 N–H and O–H groups in total. The van der Waals surface area contributed by atoms with Crippen LogP contribution in [0, 0.1) is 10.1 Å². The summed E-state index contributed by atoms with van der Waals surface area (Å²) in [5, 5.41) is 21.5.